The maximum Gasteiger partial charge on any atom is 0.316 e. The van der Waals surface area contributed by atoms with Crippen LogP contribution in [0, 0.1) is 17.2 Å². The third-order valence-electron chi connectivity index (χ3n) is 4.10. The number of benzene rings is 1. The van der Waals surface area contributed by atoms with Crippen molar-refractivity contribution < 1.29 is 14.3 Å². The highest BCUT2D eigenvalue weighted by atomic mass is 35.5. The van der Waals surface area contributed by atoms with Gasteiger partial charge in [0.2, 0.25) is 0 Å². The van der Waals surface area contributed by atoms with Crippen LogP contribution in [0.15, 0.2) is 18.2 Å². The third-order valence-corrected chi connectivity index (χ3v) is 4.54. The van der Waals surface area contributed by atoms with Gasteiger partial charge in [-0.25, -0.2) is 0 Å². The highest BCUT2D eigenvalue weighted by Gasteiger charge is 2.45. The van der Waals surface area contributed by atoms with Crippen LogP contribution in [0.2, 0.25) is 10.0 Å². The topological polar surface area (TPSA) is 67.2 Å². The van der Waals surface area contributed by atoms with Crippen molar-refractivity contribution in [2.24, 2.45) is 5.92 Å². The van der Waals surface area contributed by atoms with E-state index in [-0.39, 0.29) is 25.2 Å². The number of rotatable bonds is 4. The third kappa shape index (κ3) is 3.85. The van der Waals surface area contributed by atoms with E-state index in [4.69, 9.17) is 27.9 Å². The fourth-order valence-electron chi connectivity index (χ4n) is 2.85. The van der Waals surface area contributed by atoms with Gasteiger partial charge >= 0.3 is 5.97 Å². The number of carbonyl (C=O) groups excluding carboxylic acids is 2. The summed E-state index contributed by atoms with van der Waals surface area (Å²) < 4.78 is 5.10. The summed E-state index contributed by atoms with van der Waals surface area (Å²) in [6, 6.07) is 7.19. The van der Waals surface area contributed by atoms with Crippen LogP contribution in [0.4, 0.5) is 0 Å². The van der Waals surface area contributed by atoms with Crippen LogP contribution in [-0.2, 0) is 19.7 Å². The summed E-state index contributed by atoms with van der Waals surface area (Å²) in [6.45, 7) is 2.15. The molecule has 2 atom stereocenters. The minimum absolute atomic E-state index is 0.0988. The quantitative estimate of drug-likeness (QED) is 0.604. The number of ketones is 1. The zero-order valence-electron chi connectivity index (χ0n) is 12.8. The van der Waals surface area contributed by atoms with Crippen LogP contribution >= 0.6 is 23.2 Å². The molecule has 1 aliphatic carbocycles. The van der Waals surface area contributed by atoms with Crippen molar-refractivity contribution in [2.75, 3.05) is 6.61 Å². The van der Waals surface area contributed by atoms with Crippen LogP contribution in [0.25, 0.3) is 0 Å². The lowest BCUT2D eigenvalue weighted by Gasteiger charge is -2.34. The molecule has 0 aliphatic heterocycles. The van der Waals surface area contributed by atoms with E-state index in [9.17, 15) is 14.9 Å². The molecule has 0 N–H and O–H groups in total. The predicted molar refractivity (Wildman–Crippen MR) is 87.4 cm³/mol. The molecular weight excluding hydrogens is 337 g/mol. The molecule has 122 valence electrons. The maximum atomic E-state index is 12.1. The van der Waals surface area contributed by atoms with Gasteiger partial charge in [0.25, 0.3) is 0 Å². The Labute approximate surface area is 145 Å². The SMILES string of the molecule is CCCOC(=O)C1CC(C#N)(c2cc(Cl)cc(Cl)c2)CCC1=O. The van der Waals surface area contributed by atoms with Gasteiger partial charge in [0, 0.05) is 16.5 Å². The predicted octanol–water partition coefficient (Wildman–Crippen LogP) is 4.08. The molecule has 6 heteroatoms. The van der Waals surface area contributed by atoms with E-state index in [1.54, 1.807) is 18.2 Å². The Bertz CT molecular complexity index is 648. The summed E-state index contributed by atoms with van der Waals surface area (Å²) in [7, 11) is 0. The van der Waals surface area contributed by atoms with Gasteiger partial charge in [-0.05, 0) is 43.0 Å². The first-order chi connectivity index (χ1) is 10.9. The number of esters is 1. The fourth-order valence-corrected chi connectivity index (χ4v) is 3.38. The lowest BCUT2D eigenvalue weighted by atomic mass is 9.66. The number of halogens is 2. The Kier molecular flexibility index (Phi) is 5.67. The molecule has 1 aliphatic rings. The number of nitrogens with zero attached hydrogens (tertiary/aromatic N) is 1. The van der Waals surface area contributed by atoms with Crippen LogP contribution in [0.5, 0.6) is 0 Å². The van der Waals surface area contributed by atoms with Gasteiger partial charge < -0.3 is 4.74 Å². The van der Waals surface area contributed by atoms with E-state index >= 15 is 0 Å². The summed E-state index contributed by atoms with van der Waals surface area (Å²) in [6.07, 6.45) is 1.28. The Hall–Kier alpha value is -1.57. The molecule has 0 saturated heterocycles. The summed E-state index contributed by atoms with van der Waals surface area (Å²) in [5, 5.41) is 10.6. The van der Waals surface area contributed by atoms with Gasteiger partial charge in [0.05, 0.1) is 18.1 Å². The number of hydrogen-bond donors (Lipinski definition) is 0. The minimum Gasteiger partial charge on any atom is -0.465 e. The largest absolute Gasteiger partial charge is 0.465 e. The molecule has 0 radical (unpaired) electrons. The van der Waals surface area contributed by atoms with Gasteiger partial charge in [0.15, 0.2) is 0 Å². The Morgan fingerprint density at radius 2 is 2.04 bits per heavy atom. The molecule has 2 unspecified atom stereocenters. The first-order valence-corrected chi connectivity index (χ1v) is 8.24. The molecule has 4 nitrogen and oxygen atoms in total. The first-order valence-electron chi connectivity index (χ1n) is 7.49. The zero-order chi connectivity index (χ0) is 17.0. The second-order valence-electron chi connectivity index (χ2n) is 5.74. The average molecular weight is 354 g/mol. The number of carbonyl (C=O) groups is 2. The fraction of sp³-hybridized carbons (Fsp3) is 0.471. The molecule has 1 saturated carbocycles. The Morgan fingerprint density at radius 1 is 1.39 bits per heavy atom. The van der Waals surface area contributed by atoms with Gasteiger partial charge in [0.1, 0.15) is 11.7 Å². The number of nitriles is 1. The Morgan fingerprint density at radius 3 is 2.61 bits per heavy atom. The van der Waals surface area contributed by atoms with Crippen molar-refractivity contribution in [3.05, 3.63) is 33.8 Å². The highest BCUT2D eigenvalue weighted by Crippen LogP contribution is 2.42. The molecular formula is C17H17Cl2NO3. The van der Waals surface area contributed by atoms with Crippen LogP contribution in [0.1, 0.15) is 38.2 Å². The van der Waals surface area contributed by atoms with Crippen molar-refractivity contribution in [3.63, 3.8) is 0 Å². The molecule has 1 fully saturated rings. The molecule has 2 rings (SSSR count). The number of Topliss-reactive ketones (excluding diaryl/α,β-unsaturated/α-hetero) is 1. The van der Waals surface area contributed by atoms with Crippen molar-refractivity contribution >= 4 is 35.0 Å². The normalized spacial score (nSPS) is 24.1. The molecule has 0 heterocycles. The first kappa shape index (κ1) is 17.8. The summed E-state index contributed by atoms with van der Waals surface area (Å²) in [5.74, 6) is -1.64. The molecule has 1 aromatic carbocycles. The zero-order valence-corrected chi connectivity index (χ0v) is 14.3. The van der Waals surface area contributed by atoms with E-state index in [1.807, 2.05) is 6.92 Å². The van der Waals surface area contributed by atoms with Crippen LogP contribution in [-0.4, -0.2) is 18.4 Å². The maximum absolute atomic E-state index is 12.1. The number of ether oxygens (including phenoxy) is 1. The van der Waals surface area contributed by atoms with Crippen molar-refractivity contribution in [3.8, 4) is 6.07 Å². The smallest absolute Gasteiger partial charge is 0.316 e. The summed E-state index contributed by atoms with van der Waals surface area (Å²) in [5.41, 5.74) is -0.323. The van der Waals surface area contributed by atoms with E-state index < -0.39 is 17.3 Å². The number of hydrogen-bond acceptors (Lipinski definition) is 4. The van der Waals surface area contributed by atoms with Gasteiger partial charge in [-0.2, -0.15) is 5.26 Å². The molecule has 0 bridgehead atoms. The van der Waals surface area contributed by atoms with Crippen molar-refractivity contribution in [1.82, 2.24) is 0 Å². The van der Waals surface area contributed by atoms with Gasteiger partial charge in [-0.15, -0.1) is 0 Å². The lowest BCUT2D eigenvalue weighted by Crippen LogP contribution is -2.40. The van der Waals surface area contributed by atoms with Gasteiger partial charge in [-0.1, -0.05) is 30.1 Å². The molecule has 1 aromatic rings. The average Bonchev–Trinajstić information content (AvgIpc) is 2.52. The van der Waals surface area contributed by atoms with Crippen LogP contribution < -0.4 is 0 Å². The summed E-state index contributed by atoms with van der Waals surface area (Å²) in [4.78, 5) is 24.2. The lowest BCUT2D eigenvalue weighted by molar-refractivity contribution is -0.154. The van der Waals surface area contributed by atoms with Crippen LogP contribution in [0.3, 0.4) is 0 Å². The molecule has 0 spiro atoms. The second-order valence-corrected chi connectivity index (χ2v) is 6.62. The van der Waals surface area contributed by atoms with E-state index in [2.05, 4.69) is 6.07 Å². The Balaban J connectivity index is 2.33. The minimum atomic E-state index is -0.960. The van der Waals surface area contributed by atoms with Crippen molar-refractivity contribution in [2.45, 2.75) is 38.0 Å². The molecule has 0 amide bonds. The van der Waals surface area contributed by atoms with Gasteiger partial charge in [-0.3, -0.25) is 9.59 Å². The van der Waals surface area contributed by atoms with E-state index in [0.717, 1.165) is 0 Å². The standard InChI is InChI=1S/C17H17Cl2NO3/c1-2-5-23-16(22)14-9-17(10-20,4-3-15(14)21)11-6-12(18)8-13(19)7-11/h6-8,14H,2-5,9H2,1H3. The summed E-state index contributed by atoms with van der Waals surface area (Å²) >= 11 is 12.1. The van der Waals surface area contributed by atoms with E-state index in [1.165, 1.54) is 0 Å². The van der Waals surface area contributed by atoms with E-state index in [0.29, 0.717) is 28.5 Å². The molecule has 0 aromatic heterocycles. The highest BCUT2D eigenvalue weighted by molar-refractivity contribution is 6.34. The molecule has 23 heavy (non-hydrogen) atoms. The van der Waals surface area contributed by atoms with Crippen molar-refractivity contribution in [1.29, 1.82) is 5.26 Å². The second kappa shape index (κ2) is 7.33. The monoisotopic (exact) mass is 353 g/mol.